The summed E-state index contributed by atoms with van der Waals surface area (Å²) in [6.07, 6.45) is 5.84. The van der Waals surface area contributed by atoms with Crippen LogP contribution in [0, 0.1) is 5.82 Å². The fourth-order valence-corrected chi connectivity index (χ4v) is 3.33. The Balaban J connectivity index is 2.06. The van der Waals surface area contributed by atoms with Gasteiger partial charge in [-0.05, 0) is 30.5 Å². The SMILES string of the molecule is C=CCN(CCO)C(=O)NCC1(c2ccc(F)cc2)CCCC1. The van der Waals surface area contributed by atoms with Gasteiger partial charge in [-0.25, -0.2) is 9.18 Å². The van der Waals surface area contributed by atoms with Crippen LogP contribution >= 0.6 is 0 Å². The molecule has 0 heterocycles. The van der Waals surface area contributed by atoms with Crippen molar-refractivity contribution in [3.05, 3.63) is 48.3 Å². The summed E-state index contributed by atoms with van der Waals surface area (Å²) >= 11 is 0. The highest BCUT2D eigenvalue weighted by atomic mass is 19.1. The molecule has 126 valence electrons. The average molecular weight is 320 g/mol. The molecule has 5 heteroatoms. The number of aliphatic hydroxyl groups excluding tert-OH is 1. The molecule has 2 N–H and O–H groups in total. The van der Waals surface area contributed by atoms with E-state index in [-0.39, 0.29) is 30.4 Å². The molecule has 0 atom stereocenters. The van der Waals surface area contributed by atoms with Gasteiger partial charge in [0.15, 0.2) is 0 Å². The van der Waals surface area contributed by atoms with E-state index in [1.807, 2.05) is 12.1 Å². The second-order valence-electron chi connectivity index (χ2n) is 6.11. The number of halogens is 1. The van der Waals surface area contributed by atoms with Gasteiger partial charge in [0.05, 0.1) is 6.61 Å². The molecule has 1 fully saturated rings. The molecule has 0 bridgehead atoms. The van der Waals surface area contributed by atoms with Gasteiger partial charge in [0.2, 0.25) is 0 Å². The highest BCUT2D eigenvalue weighted by Crippen LogP contribution is 2.40. The van der Waals surface area contributed by atoms with E-state index in [1.54, 1.807) is 6.08 Å². The van der Waals surface area contributed by atoms with Gasteiger partial charge >= 0.3 is 6.03 Å². The smallest absolute Gasteiger partial charge is 0.317 e. The van der Waals surface area contributed by atoms with E-state index in [1.165, 1.54) is 17.0 Å². The zero-order chi connectivity index (χ0) is 16.7. The molecule has 23 heavy (non-hydrogen) atoms. The Bertz CT molecular complexity index is 524. The van der Waals surface area contributed by atoms with Gasteiger partial charge < -0.3 is 15.3 Å². The molecule has 1 aliphatic rings. The second kappa shape index (κ2) is 8.11. The molecule has 2 amide bonds. The molecule has 1 aliphatic carbocycles. The average Bonchev–Trinajstić information content (AvgIpc) is 3.03. The summed E-state index contributed by atoms with van der Waals surface area (Å²) in [6.45, 7) is 4.76. The van der Waals surface area contributed by atoms with Crippen LogP contribution in [0.25, 0.3) is 0 Å². The van der Waals surface area contributed by atoms with Crippen LogP contribution in [0.2, 0.25) is 0 Å². The van der Waals surface area contributed by atoms with E-state index in [4.69, 9.17) is 5.11 Å². The molecular formula is C18H25FN2O2. The monoisotopic (exact) mass is 320 g/mol. The predicted molar refractivity (Wildman–Crippen MR) is 88.8 cm³/mol. The number of amides is 2. The first-order chi connectivity index (χ1) is 11.1. The summed E-state index contributed by atoms with van der Waals surface area (Å²) < 4.78 is 13.2. The van der Waals surface area contributed by atoms with Gasteiger partial charge in [-0.3, -0.25) is 0 Å². The number of benzene rings is 1. The highest BCUT2D eigenvalue weighted by Gasteiger charge is 2.36. The number of urea groups is 1. The maximum absolute atomic E-state index is 13.2. The van der Waals surface area contributed by atoms with Crippen molar-refractivity contribution in [3.8, 4) is 0 Å². The van der Waals surface area contributed by atoms with Gasteiger partial charge in [-0.1, -0.05) is 31.1 Å². The summed E-state index contributed by atoms with van der Waals surface area (Å²) in [5, 5.41) is 12.0. The molecule has 0 aliphatic heterocycles. The van der Waals surface area contributed by atoms with E-state index >= 15 is 0 Å². The molecule has 4 nitrogen and oxygen atoms in total. The Morgan fingerprint density at radius 3 is 2.57 bits per heavy atom. The Hall–Kier alpha value is -1.88. The minimum absolute atomic E-state index is 0.0790. The molecule has 0 unspecified atom stereocenters. The van der Waals surface area contributed by atoms with Crippen molar-refractivity contribution >= 4 is 6.03 Å². The van der Waals surface area contributed by atoms with Crippen molar-refractivity contribution in [2.24, 2.45) is 0 Å². The number of carbonyl (C=O) groups excluding carboxylic acids is 1. The van der Waals surface area contributed by atoms with Crippen LogP contribution in [0.1, 0.15) is 31.2 Å². The number of aliphatic hydroxyl groups is 1. The number of hydrogen-bond donors (Lipinski definition) is 2. The van der Waals surface area contributed by atoms with Gasteiger partial charge in [0.25, 0.3) is 0 Å². The lowest BCUT2D eigenvalue weighted by molar-refractivity contribution is 0.181. The van der Waals surface area contributed by atoms with Crippen molar-refractivity contribution in [2.75, 3.05) is 26.2 Å². The lowest BCUT2D eigenvalue weighted by Gasteiger charge is -2.31. The standard InChI is InChI=1S/C18H25FN2O2/c1-2-11-21(12-13-22)17(23)20-14-18(9-3-4-10-18)15-5-7-16(19)8-6-15/h2,5-8,22H,1,3-4,9-14H2,(H,20,23). The van der Waals surface area contributed by atoms with Gasteiger partial charge in [0, 0.05) is 25.0 Å². The molecule has 0 radical (unpaired) electrons. The third-order valence-corrected chi connectivity index (χ3v) is 4.60. The molecule has 0 saturated heterocycles. The Labute approximate surface area is 137 Å². The van der Waals surface area contributed by atoms with Gasteiger partial charge in [-0.15, -0.1) is 6.58 Å². The maximum atomic E-state index is 13.2. The lowest BCUT2D eigenvalue weighted by Crippen LogP contribution is -2.46. The minimum Gasteiger partial charge on any atom is -0.395 e. The van der Waals surface area contributed by atoms with Crippen molar-refractivity contribution in [1.82, 2.24) is 10.2 Å². The van der Waals surface area contributed by atoms with E-state index < -0.39 is 0 Å². The van der Waals surface area contributed by atoms with E-state index in [0.717, 1.165) is 31.2 Å². The van der Waals surface area contributed by atoms with Crippen molar-refractivity contribution < 1.29 is 14.3 Å². The van der Waals surface area contributed by atoms with Crippen LogP contribution in [0.5, 0.6) is 0 Å². The molecule has 1 aromatic carbocycles. The van der Waals surface area contributed by atoms with E-state index in [2.05, 4.69) is 11.9 Å². The number of nitrogens with one attached hydrogen (secondary N) is 1. The minimum atomic E-state index is -0.244. The van der Waals surface area contributed by atoms with Gasteiger partial charge in [-0.2, -0.15) is 0 Å². The van der Waals surface area contributed by atoms with E-state index in [0.29, 0.717) is 13.1 Å². The molecule has 1 aromatic rings. The third kappa shape index (κ3) is 4.32. The number of rotatable bonds is 7. The number of nitrogens with zero attached hydrogens (tertiary/aromatic N) is 1. The zero-order valence-electron chi connectivity index (χ0n) is 13.4. The number of hydrogen-bond acceptors (Lipinski definition) is 2. The lowest BCUT2D eigenvalue weighted by atomic mass is 9.79. The maximum Gasteiger partial charge on any atom is 0.317 e. The van der Waals surface area contributed by atoms with Crippen LogP contribution in [-0.4, -0.2) is 42.3 Å². The first kappa shape index (κ1) is 17.5. The summed E-state index contributed by atoms with van der Waals surface area (Å²) in [4.78, 5) is 13.8. The van der Waals surface area contributed by atoms with Crippen LogP contribution in [0.4, 0.5) is 9.18 Å². The third-order valence-electron chi connectivity index (χ3n) is 4.60. The van der Waals surface area contributed by atoms with Crippen molar-refractivity contribution in [1.29, 1.82) is 0 Å². The van der Waals surface area contributed by atoms with Crippen molar-refractivity contribution in [2.45, 2.75) is 31.1 Å². The molecule has 2 rings (SSSR count). The summed E-state index contributed by atoms with van der Waals surface area (Å²) in [6, 6.07) is 6.40. The first-order valence-corrected chi connectivity index (χ1v) is 8.12. The first-order valence-electron chi connectivity index (χ1n) is 8.12. The molecule has 0 aromatic heterocycles. The summed E-state index contributed by atoms with van der Waals surface area (Å²) in [5.74, 6) is -0.244. The molecule has 1 saturated carbocycles. The summed E-state index contributed by atoms with van der Waals surface area (Å²) in [5.41, 5.74) is 0.955. The van der Waals surface area contributed by atoms with Crippen LogP contribution in [-0.2, 0) is 5.41 Å². The largest absolute Gasteiger partial charge is 0.395 e. The van der Waals surface area contributed by atoms with Crippen LogP contribution in [0.3, 0.4) is 0 Å². The zero-order valence-corrected chi connectivity index (χ0v) is 13.4. The Morgan fingerprint density at radius 2 is 2.00 bits per heavy atom. The number of carbonyl (C=O) groups is 1. The normalized spacial score (nSPS) is 16.1. The quantitative estimate of drug-likeness (QED) is 0.759. The van der Waals surface area contributed by atoms with E-state index in [9.17, 15) is 9.18 Å². The second-order valence-corrected chi connectivity index (χ2v) is 6.11. The topological polar surface area (TPSA) is 52.6 Å². The Morgan fingerprint density at radius 1 is 1.35 bits per heavy atom. The van der Waals surface area contributed by atoms with Crippen LogP contribution < -0.4 is 5.32 Å². The Kier molecular flexibility index (Phi) is 6.16. The highest BCUT2D eigenvalue weighted by molar-refractivity contribution is 5.74. The molecule has 0 spiro atoms. The predicted octanol–water partition coefficient (Wildman–Crippen LogP) is 2.83. The molecular weight excluding hydrogens is 295 g/mol. The fourth-order valence-electron chi connectivity index (χ4n) is 3.33. The fraction of sp³-hybridized carbons (Fsp3) is 0.500. The van der Waals surface area contributed by atoms with Crippen LogP contribution in [0.15, 0.2) is 36.9 Å². The van der Waals surface area contributed by atoms with Gasteiger partial charge in [0.1, 0.15) is 5.82 Å². The summed E-state index contributed by atoms with van der Waals surface area (Å²) in [7, 11) is 0. The van der Waals surface area contributed by atoms with Crippen molar-refractivity contribution in [3.63, 3.8) is 0 Å².